The van der Waals surface area contributed by atoms with Crippen molar-refractivity contribution in [2.75, 3.05) is 24.5 Å². The highest BCUT2D eigenvalue weighted by Gasteiger charge is 2.26. The van der Waals surface area contributed by atoms with E-state index in [-0.39, 0.29) is 0 Å². The molecule has 2 atom stereocenters. The molecule has 0 saturated carbocycles. The topological polar surface area (TPSA) is 47.1 Å². The Balaban J connectivity index is 2.31. The van der Waals surface area contributed by atoms with Crippen molar-refractivity contribution in [2.24, 2.45) is 24.6 Å². The first-order chi connectivity index (χ1) is 8.52. The number of nitrogens with zero attached hydrogens (tertiary/aromatic N) is 3. The van der Waals surface area contributed by atoms with E-state index >= 15 is 0 Å². The minimum absolute atomic E-state index is 0.693. The van der Waals surface area contributed by atoms with Gasteiger partial charge in [-0.2, -0.15) is 5.10 Å². The first kappa shape index (κ1) is 13.4. The van der Waals surface area contributed by atoms with Gasteiger partial charge in [-0.1, -0.05) is 13.8 Å². The van der Waals surface area contributed by atoms with Crippen LogP contribution in [0.25, 0.3) is 0 Å². The molecule has 2 heterocycles. The number of aryl methyl sites for hydroxylation is 2. The van der Waals surface area contributed by atoms with Gasteiger partial charge in [0, 0.05) is 25.7 Å². The summed E-state index contributed by atoms with van der Waals surface area (Å²) < 4.78 is 2.03. The Labute approximate surface area is 110 Å². The predicted molar refractivity (Wildman–Crippen MR) is 75.9 cm³/mol. The van der Waals surface area contributed by atoms with Crippen LogP contribution in [0.3, 0.4) is 0 Å². The fourth-order valence-electron chi connectivity index (χ4n) is 3.36. The van der Waals surface area contributed by atoms with E-state index in [1.54, 1.807) is 0 Å². The molecule has 0 aliphatic carbocycles. The van der Waals surface area contributed by atoms with Crippen molar-refractivity contribution >= 4 is 5.82 Å². The lowest BCUT2D eigenvalue weighted by Crippen LogP contribution is -2.40. The highest BCUT2D eigenvalue weighted by atomic mass is 15.4. The summed E-state index contributed by atoms with van der Waals surface area (Å²) in [5.41, 5.74) is 8.20. The van der Waals surface area contributed by atoms with Crippen LogP contribution in [0.2, 0.25) is 0 Å². The standard InChI is InChI=1S/C14H26N4/c1-10-7-11(2)9-18(8-10)14-13(5-6-15)12(3)16-17(14)4/h10-11H,5-9,15H2,1-4H3. The molecule has 2 N–H and O–H groups in total. The summed E-state index contributed by atoms with van der Waals surface area (Å²) in [7, 11) is 2.05. The second-order valence-corrected chi connectivity index (χ2v) is 5.90. The number of hydrogen-bond donors (Lipinski definition) is 1. The van der Waals surface area contributed by atoms with Crippen LogP contribution < -0.4 is 10.6 Å². The minimum atomic E-state index is 0.693. The third-order valence-electron chi connectivity index (χ3n) is 3.88. The number of piperidine rings is 1. The molecule has 1 aromatic heterocycles. The normalized spacial score (nSPS) is 24.6. The van der Waals surface area contributed by atoms with E-state index in [2.05, 4.69) is 30.8 Å². The zero-order valence-corrected chi connectivity index (χ0v) is 12.1. The molecule has 1 aromatic rings. The highest BCUT2D eigenvalue weighted by Crippen LogP contribution is 2.30. The molecule has 0 bridgehead atoms. The van der Waals surface area contributed by atoms with Crippen molar-refractivity contribution < 1.29 is 0 Å². The second kappa shape index (κ2) is 5.31. The minimum Gasteiger partial charge on any atom is -0.356 e. The second-order valence-electron chi connectivity index (χ2n) is 5.90. The molecule has 1 aliphatic heterocycles. The number of hydrogen-bond acceptors (Lipinski definition) is 3. The summed E-state index contributed by atoms with van der Waals surface area (Å²) in [6.07, 6.45) is 2.26. The number of nitrogens with two attached hydrogens (primary N) is 1. The molecule has 2 unspecified atom stereocenters. The van der Waals surface area contributed by atoms with E-state index in [0.29, 0.717) is 6.54 Å². The van der Waals surface area contributed by atoms with Crippen molar-refractivity contribution in [3.8, 4) is 0 Å². The third-order valence-corrected chi connectivity index (χ3v) is 3.88. The number of anilines is 1. The average molecular weight is 250 g/mol. The van der Waals surface area contributed by atoms with Gasteiger partial charge in [0.25, 0.3) is 0 Å². The van der Waals surface area contributed by atoms with Gasteiger partial charge in [0.05, 0.1) is 5.69 Å². The molecule has 1 aliphatic rings. The Bertz CT molecular complexity index is 400. The smallest absolute Gasteiger partial charge is 0.130 e. The molecule has 1 fully saturated rings. The van der Waals surface area contributed by atoms with Crippen molar-refractivity contribution in [1.82, 2.24) is 9.78 Å². The van der Waals surface area contributed by atoms with Gasteiger partial charge in [-0.15, -0.1) is 0 Å². The lowest BCUT2D eigenvalue weighted by Gasteiger charge is -2.37. The van der Waals surface area contributed by atoms with Gasteiger partial charge in [-0.3, -0.25) is 4.68 Å². The predicted octanol–water partition coefficient (Wildman–Crippen LogP) is 1.71. The zero-order chi connectivity index (χ0) is 13.3. The zero-order valence-electron chi connectivity index (χ0n) is 12.1. The molecule has 2 rings (SSSR count). The molecule has 0 spiro atoms. The molecule has 4 nitrogen and oxygen atoms in total. The Kier molecular flexibility index (Phi) is 3.95. The van der Waals surface area contributed by atoms with Gasteiger partial charge in [0.2, 0.25) is 0 Å². The van der Waals surface area contributed by atoms with E-state index in [1.807, 2.05) is 11.7 Å². The van der Waals surface area contributed by atoms with Crippen molar-refractivity contribution in [3.05, 3.63) is 11.3 Å². The third kappa shape index (κ3) is 2.53. The van der Waals surface area contributed by atoms with Crippen molar-refractivity contribution in [1.29, 1.82) is 0 Å². The molecule has 18 heavy (non-hydrogen) atoms. The van der Waals surface area contributed by atoms with Crippen molar-refractivity contribution in [2.45, 2.75) is 33.6 Å². The molecule has 0 radical (unpaired) electrons. The summed E-state index contributed by atoms with van der Waals surface area (Å²) in [6, 6.07) is 0. The largest absolute Gasteiger partial charge is 0.356 e. The molecule has 4 heteroatoms. The Morgan fingerprint density at radius 1 is 1.28 bits per heavy atom. The first-order valence-electron chi connectivity index (χ1n) is 7.00. The lowest BCUT2D eigenvalue weighted by atomic mass is 9.91. The van der Waals surface area contributed by atoms with Gasteiger partial charge in [0.15, 0.2) is 0 Å². The quantitative estimate of drug-likeness (QED) is 0.888. The van der Waals surface area contributed by atoms with Gasteiger partial charge < -0.3 is 10.6 Å². The summed E-state index contributed by atoms with van der Waals surface area (Å²) in [6.45, 7) is 9.74. The average Bonchev–Trinajstić information content (AvgIpc) is 2.53. The maximum Gasteiger partial charge on any atom is 0.130 e. The van der Waals surface area contributed by atoms with Gasteiger partial charge in [-0.05, 0) is 38.1 Å². The summed E-state index contributed by atoms with van der Waals surface area (Å²) >= 11 is 0. The van der Waals surface area contributed by atoms with Crippen LogP contribution in [-0.2, 0) is 13.5 Å². The SMILES string of the molecule is Cc1nn(C)c(N2CC(C)CC(C)C2)c1CCN. The maximum absolute atomic E-state index is 5.74. The molecule has 102 valence electrons. The van der Waals surface area contributed by atoms with Gasteiger partial charge in [0.1, 0.15) is 5.82 Å². The van der Waals surface area contributed by atoms with E-state index < -0.39 is 0 Å². The molecule has 0 aromatic carbocycles. The van der Waals surface area contributed by atoms with Crippen LogP contribution in [0.4, 0.5) is 5.82 Å². The Hall–Kier alpha value is -1.03. The van der Waals surface area contributed by atoms with Crippen molar-refractivity contribution in [3.63, 3.8) is 0 Å². The molecular weight excluding hydrogens is 224 g/mol. The monoisotopic (exact) mass is 250 g/mol. The molecule has 1 saturated heterocycles. The molecular formula is C14H26N4. The maximum atomic E-state index is 5.74. The Morgan fingerprint density at radius 3 is 2.44 bits per heavy atom. The van der Waals surface area contributed by atoms with E-state index in [1.165, 1.54) is 17.8 Å². The fraction of sp³-hybridized carbons (Fsp3) is 0.786. The van der Waals surface area contributed by atoms with Crippen LogP contribution in [0.1, 0.15) is 31.5 Å². The summed E-state index contributed by atoms with van der Waals surface area (Å²) in [5.74, 6) is 2.81. The number of rotatable bonds is 3. The molecule has 0 amide bonds. The van der Waals surface area contributed by atoms with Crippen LogP contribution in [-0.4, -0.2) is 29.4 Å². The van der Waals surface area contributed by atoms with E-state index in [4.69, 9.17) is 5.73 Å². The van der Waals surface area contributed by atoms with Crippen LogP contribution in [0, 0.1) is 18.8 Å². The fourth-order valence-corrected chi connectivity index (χ4v) is 3.36. The summed E-state index contributed by atoms with van der Waals surface area (Å²) in [5, 5.41) is 4.57. The van der Waals surface area contributed by atoms with E-state index in [0.717, 1.165) is 37.0 Å². The number of aromatic nitrogens is 2. The lowest BCUT2D eigenvalue weighted by molar-refractivity contribution is 0.352. The highest BCUT2D eigenvalue weighted by molar-refractivity contribution is 5.51. The van der Waals surface area contributed by atoms with Gasteiger partial charge >= 0.3 is 0 Å². The van der Waals surface area contributed by atoms with E-state index in [9.17, 15) is 0 Å². The summed E-state index contributed by atoms with van der Waals surface area (Å²) in [4.78, 5) is 2.50. The van der Waals surface area contributed by atoms with Crippen LogP contribution in [0.15, 0.2) is 0 Å². The van der Waals surface area contributed by atoms with Crippen LogP contribution >= 0.6 is 0 Å². The first-order valence-corrected chi connectivity index (χ1v) is 7.00. The van der Waals surface area contributed by atoms with Gasteiger partial charge in [-0.25, -0.2) is 0 Å². The Morgan fingerprint density at radius 2 is 1.89 bits per heavy atom. The van der Waals surface area contributed by atoms with Crippen LogP contribution in [0.5, 0.6) is 0 Å².